The van der Waals surface area contributed by atoms with Crippen molar-refractivity contribution in [1.82, 2.24) is 9.80 Å². The second kappa shape index (κ2) is 7.01. The number of para-hydroxylation sites is 1. The van der Waals surface area contributed by atoms with Crippen LogP contribution in [0.15, 0.2) is 54.6 Å². The molecule has 2 saturated heterocycles. The standard InChI is InChI=1S/C23H26N2O2/c26-23(24-13-14-27-22-11-5-4-9-18(22)16-24)19-15-21(17-7-2-1-3-8-17)25-12-6-10-20(19)25/h1-5,7-9,11,19-21H,6,10,12-16H2/t19-,20+,21-/m0/s1. The van der Waals surface area contributed by atoms with Crippen LogP contribution in [0.5, 0.6) is 5.75 Å². The Balaban J connectivity index is 1.38. The minimum atomic E-state index is 0.1000. The quantitative estimate of drug-likeness (QED) is 0.818. The van der Waals surface area contributed by atoms with Crippen LogP contribution in [0.1, 0.15) is 36.4 Å². The molecular formula is C23H26N2O2. The first-order valence-electron chi connectivity index (χ1n) is 10.1. The third-order valence-electron chi connectivity index (χ3n) is 6.45. The molecule has 27 heavy (non-hydrogen) atoms. The SMILES string of the molecule is O=C([C@H]1C[C@@H](c2ccccc2)N2CCC[C@H]12)N1CCOc2ccccc2C1. The van der Waals surface area contributed by atoms with Gasteiger partial charge in [0.05, 0.1) is 12.5 Å². The fourth-order valence-corrected chi connectivity index (χ4v) is 5.18. The van der Waals surface area contributed by atoms with Crippen LogP contribution in [0.2, 0.25) is 0 Å². The van der Waals surface area contributed by atoms with Crippen LogP contribution in [0.4, 0.5) is 0 Å². The van der Waals surface area contributed by atoms with Crippen molar-refractivity contribution in [3.8, 4) is 5.75 Å². The summed E-state index contributed by atoms with van der Waals surface area (Å²) in [6.45, 7) is 3.02. The van der Waals surface area contributed by atoms with Crippen molar-refractivity contribution in [2.45, 2.75) is 37.9 Å². The molecule has 0 aromatic heterocycles. The maximum atomic E-state index is 13.5. The number of benzene rings is 2. The van der Waals surface area contributed by atoms with Crippen LogP contribution in [0, 0.1) is 5.92 Å². The molecule has 0 aliphatic carbocycles. The van der Waals surface area contributed by atoms with Gasteiger partial charge >= 0.3 is 0 Å². The summed E-state index contributed by atoms with van der Waals surface area (Å²) in [4.78, 5) is 18.1. The largest absolute Gasteiger partial charge is 0.491 e. The second-order valence-corrected chi connectivity index (χ2v) is 7.93. The summed E-state index contributed by atoms with van der Waals surface area (Å²) < 4.78 is 5.86. The zero-order chi connectivity index (χ0) is 18.2. The summed E-state index contributed by atoms with van der Waals surface area (Å²) >= 11 is 0. The maximum Gasteiger partial charge on any atom is 0.227 e. The molecule has 2 aromatic carbocycles. The van der Waals surface area contributed by atoms with Crippen molar-refractivity contribution in [2.75, 3.05) is 19.7 Å². The molecule has 140 valence electrons. The van der Waals surface area contributed by atoms with E-state index in [0.717, 1.165) is 30.7 Å². The van der Waals surface area contributed by atoms with E-state index in [0.29, 0.717) is 37.7 Å². The molecule has 3 aliphatic heterocycles. The first-order valence-corrected chi connectivity index (χ1v) is 10.1. The highest BCUT2D eigenvalue weighted by Crippen LogP contribution is 2.45. The minimum absolute atomic E-state index is 0.1000. The van der Waals surface area contributed by atoms with Gasteiger partial charge in [0.1, 0.15) is 12.4 Å². The molecule has 0 radical (unpaired) electrons. The lowest BCUT2D eigenvalue weighted by molar-refractivity contribution is -0.136. The van der Waals surface area contributed by atoms with Gasteiger partial charge in [-0.25, -0.2) is 0 Å². The third kappa shape index (κ3) is 3.02. The Hall–Kier alpha value is -2.33. The van der Waals surface area contributed by atoms with Gasteiger partial charge in [0.15, 0.2) is 0 Å². The van der Waals surface area contributed by atoms with E-state index in [1.54, 1.807) is 0 Å². The topological polar surface area (TPSA) is 32.8 Å². The average molecular weight is 362 g/mol. The van der Waals surface area contributed by atoms with E-state index < -0.39 is 0 Å². The average Bonchev–Trinajstić information content (AvgIpc) is 3.24. The molecule has 3 atom stereocenters. The van der Waals surface area contributed by atoms with Crippen molar-refractivity contribution in [2.24, 2.45) is 5.92 Å². The molecule has 0 saturated carbocycles. The summed E-state index contributed by atoms with van der Waals surface area (Å²) in [5.41, 5.74) is 2.47. The Labute approximate surface area is 160 Å². The molecule has 2 aromatic rings. The molecule has 4 nitrogen and oxygen atoms in total. The first kappa shape index (κ1) is 16.8. The predicted octanol–water partition coefficient (Wildman–Crippen LogP) is 3.63. The lowest BCUT2D eigenvalue weighted by Gasteiger charge is -2.27. The summed E-state index contributed by atoms with van der Waals surface area (Å²) in [6.07, 6.45) is 3.27. The van der Waals surface area contributed by atoms with Crippen molar-refractivity contribution in [3.05, 3.63) is 65.7 Å². The summed E-state index contributed by atoms with van der Waals surface area (Å²) in [6, 6.07) is 19.6. The monoisotopic (exact) mass is 362 g/mol. The number of hydrogen-bond acceptors (Lipinski definition) is 3. The number of fused-ring (bicyclic) bond motifs is 2. The van der Waals surface area contributed by atoms with E-state index in [1.165, 1.54) is 12.0 Å². The molecule has 0 spiro atoms. The zero-order valence-electron chi connectivity index (χ0n) is 15.6. The van der Waals surface area contributed by atoms with Crippen LogP contribution >= 0.6 is 0 Å². The molecule has 4 heteroatoms. The smallest absolute Gasteiger partial charge is 0.227 e. The lowest BCUT2D eigenvalue weighted by atomic mass is 9.93. The van der Waals surface area contributed by atoms with Crippen molar-refractivity contribution >= 4 is 5.91 Å². The number of carbonyl (C=O) groups excluding carboxylic acids is 1. The number of nitrogens with zero attached hydrogens (tertiary/aromatic N) is 2. The van der Waals surface area contributed by atoms with Gasteiger partial charge in [-0.05, 0) is 37.4 Å². The Kier molecular flexibility index (Phi) is 4.36. The second-order valence-electron chi connectivity index (χ2n) is 7.93. The van der Waals surface area contributed by atoms with Gasteiger partial charge in [-0.2, -0.15) is 0 Å². The van der Waals surface area contributed by atoms with E-state index in [4.69, 9.17) is 4.74 Å². The van der Waals surface area contributed by atoms with Crippen molar-refractivity contribution < 1.29 is 9.53 Å². The fourth-order valence-electron chi connectivity index (χ4n) is 5.18. The molecular weight excluding hydrogens is 336 g/mol. The minimum Gasteiger partial charge on any atom is -0.491 e. The summed E-state index contributed by atoms with van der Waals surface area (Å²) in [5, 5.41) is 0. The lowest BCUT2D eigenvalue weighted by Crippen LogP contribution is -2.41. The highest BCUT2D eigenvalue weighted by atomic mass is 16.5. The molecule has 1 amide bonds. The van der Waals surface area contributed by atoms with Crippen molar-refractivity contribution in [3.63, 3.8) is 0 Å². The first-order chi connectivity index (χ1) is 13.3. The van der Waals surface area contributed by atoms with E-state index >= 15 is 0 Å². The van der Waals surface area contributed by atoms with E-state index in [-0.39, 0.29) is 5.92 Å². The highest BCUT2D eigenvalue weighted by molar-refractivity contribution is 5.80. The Bertz CT molecular complexity index is 822. The molecule has 0 unspecified atom stereocenters. The van der Waals surface area contributed by atoms with Gasteiger partial charge in [0, 0.05) is 24.2 Å². The third-order valence-corrected chi connectivity index (χ3v) is 6.45. The molecule has 2 fully saturated rings. The molecule has 3 aliphatic rings. The van der Waals surface area contributed by atoms with Gasteiger partial charge in [-0.15, -0.1) is 0 Å². The number of ether oxygens (including phenoxy) is 1. The molecule has 3 heterocycles. The Morgan fingerprint density at radius 1 is 1.00 bits per heavy atom. The van der Waals surface area contributed by atoms with Crippen molar-refractivity contribution in [1.29, 1.82) is 0 Å². The summed E-state index contributed by atoms with van der Waals surface area (Å²) in [7, 11) is 0. The maximum absolute atomic E-state index is 13.5. The van der Waals surface area contributed by atoms with Gasteiger partial charge in [-0.1, -0.05) is 48.5 Å². The van der Waals surface area contributed by atoms with Gasteiger partial charge in [0.25, 0.3) is 0 Å². The zero-order valence-corrected chi connectivity index (χ0v) is 15.6. The highest BCUT2D eigenvalue weighted by Gasteiger charge is 2.48. The van der Waals surface area contributed by atoms with Crippen LogP contribution < -0.4 is 4.74 Å². The van der Waals surface area contributed by atoms with E-state index in [1.807, 2.05) is 23.1 Å². The normalized spacial score (nSPS) is 27.6. The van der Waals surface area contributed by atoms with E-state index in [2.05, 4.69) is 41.3 Å². The Morgan fingerprint density at radius 2 is 1.81 bits per heavy atom. The molecule has 0 bridgehead atoms. The fraction of sp³-hybridized carbons (Fsp3) is 0.435. The predicted molar refractivity (Wildman–Crippen MR) is 104 cm³/mol. The number of amides is 1. The number of carbonyl (C=O) groups is 1. The summed E-state index contributed by atoms with van der Waals surface area (Å²) in [5.74, 6) is 1.33. The van der Waals surface area contributed by atoms with Crippen LogP contribution in [-0.4, -0.2) is 41.4 Å². The van der Waals surface area contributed by atoms with E-state index in [9.17, 15) is 4.79 Å². The molecule has 0 N–H and O–H groups in total. The van der Waals surface area contributed by atoms with Gasteiger partial charge in [-0.3, -0.25) is 9.69 Å². The Morgan fingerprint density at radius 3 is 2.70 bits per heavy atom. The van der Waals surface area contributed by atoms with Gasteiger partial charge < -0.3 is 9.64 Å². The number of hydrogen-bond donors (Lipinski definition) is 0. The molecule has 5 rings (SSSR count). The number of rotatable bonds is 2. The van der Waals surface area contributed by atoms with Crippen LogP contribution in [0.3, 0.4) is 0 Å². The van der Waals surface area contributed by atoms with Crippen LogP contribution in [0.25, 0.3) is 0 Å². The van der Waals surface area contributed by atoms with Gasteiger partial charge in [0.2, 0.25) is 5.91 Å². The van der Waals surface area contributed by atoms with Crippen LogP contribution in [-0.2, 0) is 11.3 Å².